The SMILES string of the molecule is CCc1cccc(N2CC(C(=O)Nc3cccc(C)c3C)CC2=O)c1. The lowest BCUT2D eigenvalue weighted by molar-refractivity contribution is -0.122. The van der Waals surface area contributed by atoms with Gasteiger partial charge in [0, 0.05) is 24.3 Å². The minimum atomic E-state index is -0.322. The third kappa shape index (κ3) is 3.58. The summed E-state index contributed by atoms with van der Waals surface area (Å²) in [6.45, 7) is 6.54. The Kier molecular flexibility index (Phi) is 4.88. The maximum absolute atomic E-state index is 12.6. The van der Waals surface area contributed by atoms with Gasteiger partial charge in [0.05, 0.1) is 5.92 Å². The fourth-order valence-electron chi connectivity index (χ4n) is 3.20. The van der Waals surface area contributed by atoms with Crippen molar-refractivity contribution in [1.29, 1.82) is 0 Å². The van der Waals surface area contributed by atoms with E-state index in [0.29, 0.717) is 6.54 Å². The van der Waals surface area contributed by atoms with E-state index in [1.165, 1.54) is 5.56 Å². The Hall–Kier alpha value is -2.62. The molecular weight excluding hydrogens is 312 g/mol. The van der Waals surface area contributed by atoms with Crippen LogP contribution in [0.1, 0.15) is 30.0 Å². The predicted molar refractivity (Wildman–Crippen MR) is 101 cm³/mol. The maximum Gasteiger partial charge on any atom is 0.229 e. The van der Waals surface area contributed by atoms with E-state index in [9.17, 15) is 9.59 Å². The zero-order chi connectivity index (χ0) is 18.0. The van der Waals surface area contributed by atoms with Gasteiger partial charge in [-0.05, 0) is 55.2 Å². The molecule has 25 heavy (non-hydrogen) atoms. The second-order valence-electron chi connectivity index (χ2n) is 6.67. The molecule has 1 heterocycles. The largest absolute Gasteiger partial charge is 0.326 e. The number of anilines is 2. The molecule has 4 heteroatoms. The van der Waals surface area contributed by atoms with E-state index >= 15 is 0 Å². The summed E-state index contributed by atoms with van der Waals surface area (Å²) >= 11 is 0. The summed E-state index contributed by atoms with van der Waals surface area (Å²) in [6, 6.07) is 13.8. The fraction of sp³-hybridized carbons (Fsp3) is 0.333. The molecule has 4 nitrogen and oxygen atoms in total. The number of hydrogen-bond donors (Lipinski definition) is 1. The highest BCUT2D eigenvalue weighted by Crippen LogP contribution is 2.27. The lowest BCUT2D eigenvalue weighted by Gasteiger charge is -2.18. The van der Waals surface area contributed by atoms with Gasteiger partial charge in [-0.15, -0.1) is 0 Å². The number of nitrogens with one attached hydrogen (secondary N) is 1. The van der Waals surface area contributed by atoms with E-state index in [-0.39, 0.29) is 24.2 Å². The van der Waals surface area contributed by atoms with E-state index in [1.807, 2.05) is 50.2 Å². The van der Waals surface area contributed by atoms with Crippen molar-refractivity contribution in [2.45, 2.75) is 33.6 Å². The van der Waals surface area contributed by atoms with Crippen molar-refractivity contribution < 1.29 is 9.59 Å². The van der Waals surface area contributed by atoms with Gasteiger partial charge in [-0.2, -0.15) is 0 Å². The highest BCUT2D eigenvalue weighted by Gasteiger charge is 2.35. The van der Waals surface area contributed by atoms with E-state index in [1.54, 1.807) is 4.90 Å². The van der Waals surface area contributed by atoms with E-state index in [4.69, 9.17) is 0 Å². The van der Waals surface area contributed by atoms with Gasteiger partial charge in [-0.1, -0.05) is 31.2 Å². The van der Waals surface area contributed by atoms with Crippen molar-refractivity contribution >= 4 is 23.2 Å². The zero-order valence-electron chi connectivity index (χ0n) is 15.0. The van der Waals surface area contributed by atoms with Crippen LogP contribution in [0, 0.1) is 19.8 Å². The van der Waals surface area contributed by atoms with Gasteiger partial charge in [-0.25, -0.2) is 0 Å². The molecular formula is C21H24N2O2. The second-order valence-corrected chi connectivity index (χ2v) is 6.67. The monoisotopic (exact) mass is 336 g/mol. The van der Waals surface area contributed by atoms with Crippen LogP contribution in [-0.4, -0.2) is 18.4 Å². The third-order valence-corrected chi connectivity index (χ3v) is 4.99. The Bertz CT molecular complexity index is 813. The molecule has 3 rings (SSSR count). The first-order valence-corrected chi connectivity index (χ1v) is 8.76. The van der Waals surface area contributed by atoms with Crippen molar-refractivity contribution in [1.82, 2.24) is 0 Å². The summed E-state index contributed by atoms with van der Waals surface area (Å²) in [4.78, 5) is 26.8. The van der Waals surface area contributed by atoms with Crippen LogP contribution < -0.4 is 10.2 Å². The zero-order valence-corrected chi connectivity index (χ0v) is 15.0. The molecule has 0 saturated carbocycles. The first-order chi connectivity index (χ1) is 12.0. The van der Waals surface area contributed by atoms with Gasteiger partial charge < -0.3 is 10.2 Å². The molecule has 0 radical (unpaired) electrons. The van der Waals surface area contributed by atoms with Crippen LogP contribution in [0.4, 0.5) is 11.4 Å². The van der Waals surface area contributed by atoms with Crippen LogP contribution in [0.2, 0.25) is 0 Å². The second kappa shape index (κ2) is 7.09. The predicted octanol–water partition coefficient (Wildman–Crippen LogP) is 3.86. The Morgan fingerprint density at radius 1 is 1.20 bits per heavy atom. The van der Waals surface area contributed by atoms with Gasteiger partial charge >= 0.3 is 0 Å². The van der Waals surface area contributed by atoms with Crippen molar-refractivity contribution in [2.75, 3.05) is 16.8 Å². The molecule has 1 saturated heterocycles. The number of aryl methyl sites for hydroxylation is 2. The first-order valence-electron chi connectivity index (χ1n) is 8.76. The van der Waals surface area contributed by atoms with Gasteiger partial charge in [0.25, 0.3) is 0 Å². The molecule has 2 aromatic carbocycles. The number of rotatable bonds is 4. The highest BCUT2D eigenvalue weighted by molar-refractivity contribution is 6.03. The average Bonchev–Trinajstić information content (AvgIpc) is 3.01. The summed E-state index contributed by atoms with van der Waals surface area (Å²) in [5, 5.41) is 2.99. The van der Waals surface area contributed by atoms with E-state index < -0.39 is 0 Å². The minimum Gasteiger partial charge on any atom is -0.326 e. The third-order valence-electron chi connectivity index (χ3n) is 4.99. The summed E-state index contributed by atoms with van der Waals surface area (Å²) in [6.07, 6.45) is 1.18. The number of carbonyl (C=O) groups excluding carboxylic acids is 2. The molecule has 2 amide bonds. The van der Waals surface area contributed by atoms with Crippen LogP contribution in [0.3, 0.4) is 0 Å². The van der Waals surface area contributed by atoms with Crippen LogP contribution >= 0.6 is 0 Å². The Labute approximate surface area is 148 Å². The lowest BCUT2D eigenvalue weighted by Crippen LogP contribution is -2.28. The Morgan fingerprint density at radius 2 is 1.96 bits per heavy atom. The van der Waals surface area contributed by atoms with Crippen molar-refractivity contribution in [3.63, 3.8) is 0 Å². The summed E-state index contributed by atoms with van der Waals surface area (Å²) < 4.78 is 0. The van der Waals surface area contributed by atoms with Crippen LogP contribution in [-0.2, 0) is 16.0 Å². The van der Waals surface area contributed by atoms with Gasteiger partial charge in [-0.3, -0.25) is 9.59 Å². The molecule has 2 aromatic rings. The van der Waals surface area contributed by atoms with Crippen molar-refractivity contribution in [3.05, 3.63) is 59.2 Å². The number of nitrogens with zero attached hydrogens (tertiary/aromatic N) is 1. The molecule has 1 N–H and O–H groups in total. The number of carbonyl (C=O) groups is 2. The number of benzene rings is 2. The minimum absolute atomic E-state index is 0.00867. The molecule has 0 aliphatic carbocycles. The summed E-state index contributed by atoms with van der Waals surface area (Å²) in [7, 11) is 0. The molecule has 1 aliphatic heterocycles. The molecule has 0 bridgehead atoms. The van der Waals surface area contributed by atoms with Crippen LogP contribution in [0.5, 0.6) is 0 Å². The van der Waals surface area contributed by atoms with Crippen molar-refractivity contribution in [3.8, 4) is 0 Å². The van der Waals surface area contributed by atoms with E-state index in [0.717, 1.165) is 28.9 Å². The number of amides is 2. The van der Waals surface area contributed by atoms with Crippen LogP contribution in [0.15, 0.2) is 42.5 Å². The van der Waals surface area contributed by atoms with Gasteiger partial charge in [0.1, 0.15) is 0 Å². The van der Waals surface area contributed by atoms with Crippen LogP contribution in [0.25, 0.3) is 0 Å². The van der Waals surface area contributed by atoms with Gasteiger partial charge in [0.15, 0.2) is 0 Å². The maximum atomic E-state index is 12.6. The van der Waals surface area contributed by atoms with Gasteiger partial charge in [0.2, 0.25) is 11.8 Å². The molecule has 0 aromatic heterocycles. The molecule has 130 valence electrons. The fourth-order valence-corrected chi connectivity index (χ4v) is 3.20. The smallest absolute Gasteiger partial charge is 0.229 e. The summed E-state index contributed by atoms with van der Waals surface area (Å²) in [5.41, 5.74) is 5.09. The molecule has 1 fully saturated rings. The summed E-state index contributed by atoms with van der Waals surface area (Å²) in [5.74, 6) is -0.400. The average molecular weight is 336 g/mol. The molecule has 1 unspecified atom stereocenters. The number of hydrogen-bond acceptors (Lipinski definition) is 2. The van der Waals surface area contributed by atoms with Crippen molar-refractivity contribution in [2.24, 2.45) is 5.92 Å². The quantitative estimate of drug-likeness (QED) is 0.922. The Morgan fingerprint density at radius 3 is 2.72 bits per heavy atom. The Balaban J connectivity index is 1.73. The lowest BCUT2D eigenvalue weighted by atomic mass is 10.1. The van der Waals surface area contributed by atoms with E-state index in [2.05, 4.69) is 18.3 Å². The first kappa shape index (κ1) is 17.2. The normalized spacial score (nSPS) is 17.0. The molecule has 0 spiro atoms. The topological polar surface area (TPSA) is 49.4 Å². The standard InChI is InChI=1S/C21H24N2O2/c1-4-16-8-6-9-18(11-16)23-13-17(12-20(23)24)21(25)22-19-10-5-7-14(2)15(19)3/h5-11,17H,4,12-13H2,1-3H3,(H,22,25). The molecule has 1 aliphatic rings. The highest BCUT2D eigenvalue weighted by atomic mass is 16.2. The molecule has 1 atom stereocenters.